The van der Waals surface area contributed by atoms with E-state index in [0.717, 1.165) is 18.0 Å². The second kappa shape index (κ2) is 5.69. The first-order valence-corrected chi connectivity index (χ1v) is 6.06. The van der Waals surface area contributed by atoms with Gasteiger partial charge < -0.3 is 4.74 Å². The number of hydrogen-bond acceptors (Lipinski definition) is 2. The molecule has 0 atom stereocenters. The van der Waals surface area contributed by atoms with Crippen LogP contribution in [0, 0.1) is 0 Å². The number of aldehydes is 1. The van der Waals surface area contributed by atoms with Crippen molar-refractivity contribution in [2.24, 2.45) is 0 Å². The minimum absolute atomic E-state index is 0.142. The van der Waals surface area contributed by atoms with E-state index in [1.54, 1.807) is 0 Å². The Morgan fingerprint density at radius 2 is 1.81 bits per heavy atom. The lowest BCUT2D eigenvalue weighted by Gasteiger charge is -2.22. The van der Waals surface area contributed by atoms with E-state index < -0.39 is 0 Å². The van der Waals surface area contributed by atoms with Crippen LogP contribution in [0.3, 0.4) is 0 Å². The molecule has 86 valence electrons. The molecule has 0 unspecified atom stereocenters. The summed E-state index contributed by atoms with van der Waals surface area (Å²) in [7, 11) is 0. The van der Waals surface area contributed by atoms with Crippen molar-refractivity contribution < 1.29 is 9.53 Å². The lowest BCUT2D eigenvalue weighted by atomic mass is 9.84. The van der Waals surface area contributed by atoms with Crippen LogP contribution in [0.5, 0.6) is 5.75 Å². The van der Waals surface area contributed by atoms with Gasteiger partial charge in [0.1, 0.15) is 12.4 Å². The third kappa shape index (κ3) is 2.84. The molecule has 0 bridgehead atoms. The van der Waals surface area contributed by atoms with Crippen molar-refractivity contribution in [2.45, 2.75) is 38.0 Å². The predicted octanol–water partition coefficient (Wildman–Crippen LogP) is 3.31. The Bertz CT molecular complexity index is 323. The molecular formula is C14H18O2. The topological polar surface area (TPSA) is 26.3 Å². The summed E-state index contributed by atoms with van der Waals surface area (Å²) in [5.74, 6) is 1.51. The molecule has 0 spiro atoms. The third-order valence-corrected chi connectivity index (χ3v) is 3.27. The minimum atomic E-state index is 0.142. The van der Waals surface area contributed by atoms with Crippen molar-refractivity contribution in [3.8, 4) is 5.75 Å². The van der Waals surface area contributed by atoms with Gasteiger partial charge in [-0.3, -0.25) is 4.79 Å². The number of carbonyl (C=O) groups is 1. The molecule has 0 amide bonds. The summed E-state index contributed by atoms with van der Waals surface area (Å²) in [6.45, 7) is 0.142. The van der Waals surface area contributed by atoms with Crippen molar-refractivity contribution in [1.29, 1.82) is 0 Å². The van der Waals surface area contributed by atoms with E-state index in [-0.39, 0.29) is 6.61 Å². The Labute approximate surface area is 96.6 Å². The van der Waals surface area contributed by atoms with Crippen LogP contribution in [0.2, 0.25) is 0 Å². The Morgan fingerprint density at radius 1 is 1.12 bits per heavy atom. The number of benzene rings is 1. The molecule has 0 saturated heterocycles. The van der Waals surface area contributed by atoms with Crippen molar-refractivity contribution >= 4 is 6.29 Å². The zero-order valence-electron chi connectivity index (χ0n) is 9.52. The number of hydrogen-bond donors (Lipinski definition) is 0. The second-order valence-electron chi connectivity index (χ2n) is 4.38. The first-order chi connectivity index (χ1) is 7.90. The van der Waals surface area contributed by atoms with Gasteiger partial charge in [0, 0.05) is 0 Å². The van der Waals surface area contributed by atoms with Gasteiger partial charge >= 0.3 is 0 Å². The maximum atomic E-state index is 10.2. The van der Waals surface area contributed by atoms with E-state index in [0.29, 0.717) is 0 Å². The Kier molecular flexibility index (Phi) is 3.97. The van der Waals surface area contributed by atoms with Crippen molar-refractivity contribution in [3.05, 3.63) is 29.8 Å². The largest absolute Gasteiger partial charge is 0.486 e. The highest BCUT2D eigenvalue weighted by Crippen LogP contribution is 2.33. The van der Waals surface area contributed by atoms with Gasteiger partial charge in [-0.25, -0.2) is 0 Å². The number of ether oxygens (including phenoxy) is 1. The summed E-state index contributed by atoms with van der Waals surface area (Å²) in [6.07, 6.45) is 7.50. The molecule has 2 heteroatoms. The summed E-state index contributed by atoms with van der Waals surface area (Å²) < 4.78 is 5.23. The lowest BCUT2D eigenvalue weighted by Crippen LogP contribution is -2.04. The van der Waals surface area contributed by atoms with Gasteiger partial charge in [-0.05, 0) is 36.5 Å². The van der Waals surface area contributed by atoms with Gasteiger partial charge in [-0.2, -0.15) is 0 Å². The van der Waals surface area contributed by atoms with Crippen molar-refractivity contribution in [2.75, 3.05) is 6.61 Å². The fourth-order valence-electron chi connectivity index (χ4n) is 2.40. The summed E-state index contributed by atoms with van der Waals surface area (Å²) in [4.78, 5) is 10.2. The average Bonchev–Trinajstić information content (AvgIpc) is 2.38. The molecule has 1 aliphatic rings. The van der Waals surface area contributed by atoms with Crippen LogP contribution >= 0.6 is 0 Å². The molecule has 16 heavy (non-hydrogen) atoms. The zero-order chi connectivity index (χ0) is 11.2. The van der Waals surface area contributed by atoms with E-state index in [2.05, 4.69) is 12.1 Å². The molecule has 0 N–H and O–H groups in total. The molecule has 1 saturated carbocycles. The van der Waals surface area contributed by atoms with E-state index in [4.69, 9.17) is 4.74 Å². The zero-order valence-corrected chi connectivity index (χ0v) is 9.52. The van der Waals surface area contributed by atoms with Gasteiger partial charge in [0.05, 0.1) is 0 Å². The normalized spacial score (nSPS) is 17.0. The first kappa shape index (κ1) is 11.2. The van der Waals surface area contributed by atoms with E-state index in [1.807, 2.05) is 12.1 Å². The highest BCUT2D eigenvalue weighted by molar-refractivity contribution is 5.51. The van der Waals surface area contributed by atoms with Crippen LogP contribution in [0.15, 0.2) is 24.3 Å². The van der Waals surface area contributed by atoms with Crippen molar-refractivity contribution in [1.82, 2.24) is 0 Å². The standard InChI is InChI=1S/C14H18O2/c15-10-11-16-14-8-6-13(7-9-14)12-4-2-1-3-5-12/h6-10,12H,1-5,11H2. The van der Waals surface area contributed by atoms with Crippen LogP contribution < -0.4 is 4.74 Å². The molecule has 1 aliphatic carbocycles. The molecule has 2 rings (SSSR count). The molecule has 0 aliphatic heterocycles. The first-order valence-electron chi connectivity index (χ1n) is 6.06. The molecule has 1 aromatic carbocycles. The molecule has 1 aromatic rings. The summed E-state index contributed by atoms with van der Waals surface area (Å²) >= 11 is 0. The van der Waals surface area contributed by atoms with Crippen LogP contribution in [-0.4, -0.2) is 12.9 Å². The summed E-state index contributed by atoms with van der Waals surface area (Å²) in [6, 6.07) is 8.20. The van der Waals surface area contributed by atoms with Gasteiger partial charge in [-0.1, -0.05) is 31.4 Å². The van der Waals surface area contributed by atoms with E-state index in [1.165, 1.54) is 37.7 Å². The molecule has 2 nitrogen and oxygen atoms in total. The smallest absolute Gasteiger partial charge is 0.157 e. The summed E-state index contributed by atoms with van der Waals surface area (Å²) in [5.41, 5.74) is 1.41. The van der Waals surface area contributed by atoms with E-state index >= 15 is 0 Å². The average molecular weight is 218 g/mol. The van der Waals surface area contributed by atoms with Crippen LogP contribution in [0.1, 0.15) is 43.6 Å². The van der Waals surface area contributed by atoms with Gasteiger partial charge in [0.25, 0.3) is 0 Å². The van der Waals surface area contributed by atoms with Crippen LogP contribution in [0.25, 0.3) is 0 Å². The minimum Gasteiger partial charge on any atom is -0.486 e. The van der Waals surface area contributed by atoms with Crippen LogP contribution in [0.4, 0.5) is 0 Å². The Morgan fingerprint density at radius 3 is 2.44 bits per heavy atom. The third-order valence-electron chi connectivity index (χ3n) is 3.27. The maximum Gasteiger partial charge on any atom is 0.157 e. The second-order valence-corrected chi connectivity index (χ2v) is 4.38. The molecule has 0 heterocycles. The monoisotopic (exact) mass is 218 g/mol. The van der Waals surface area contributed by atoms with Crippen molar-refractivity contribution in [3.63, 3.8) is 0 Å². The van der Waals surface area contributed by atoms with Gasteiger partial charge in [0.15, 0.2) is 6.29 Å². The van der Waals surface area contributed by atoms with E-state index in [9.17, 15) is 4.79 Å². The predicted molar refractivity (Wildman–Crippen MR) is 63.8 cm³/mol. The van der Waals surface area contributed by atoms with Gasteiger partial charge in [-0.15, -0.1) is 0 Å². The maximum absolute atomic E-state index is 10.2. The molecule has 0 radical (unpaired) electrons. The highest BCUT2D eigenvalue weighted by atomic mass is 16.5. The molecule has 0 aromatic heterocycles. The quantitative estimate of drug-likeness (QED) is 0.725. The fourth-order valence-corrected chi connectivity index (χ4v) is 2.40. The number of rotatable bonds is 4. The lowest BCUT2D eigenvalue weighted by molar-refractivity contribution is -0.109. The summed E-state index contributed by atoms with van der Waals surface area (Å²) in [5, 5.41) is 0. The SMILES string of the molecule is O=CCOc1ccc(C2CCCCC2)cc1. The Hall–Kier alpha value is -1.31. The highest BCUT2D eigenvalue weighted by Gasteiger charge is 2.14. The van der Waals surface area contributed by atoms with Gasteiger partial charge in [0.2, 0.25) is 0 Å². The molecule has 1 fully saturated rings. The fraction of sp³-hybridized carbons (Fsp3) is 0.500. The number of carbonyl (C=O) groups excluding carboxylic acids is 1. The Balaban J connectivity index is 1.97. The molecular weight excluding hydrogens is 200 g/mol. The van der Waals surface area contributed by atoms with Crippen LogP contribution in [-0.2, 0) is 4.79 Å².